The van der Waals surface area contributed by atoms with Crippen LogP contribution in [0.3, 0.4) is 0 Å². The third-order valence-electron chi connectivity index (χ3n) is 5.50. The van der Waals surface area contributed by atoms with E-state index in [1.165, 1.54) is 0 Å². The number of piperidine rings is 1. The second-order valence-corrected chi connectivity index (χ2v) is 8.04. The zero-order valence-corrected chi connectivity index (χ0v) is 18.4. The number of hydrogen-bond acceptors (Lipinski definition) is 4. The van der Waals surface area contributed by atoms with Crippen molar-refractivity contribution < 1.29 is 19.1 Å². The summed E-state index contributed by atoms with van der Waals surface area (Å²) < 4.78 is 11.3. The lowest BCUT2D eigenvalue weighted by atomic mass is 10.0. The highest BCUT2D eigenvalue weighted by Crippen LogP contribution is 2.17. The largest absolute Gasteiger partial charge is 0.493 e. The summed E-state index contributed by atoms with van der Waals surface area (Å²) in [7, 11) is 0. The Morgan fingerprint density at radius 1 is 1.00 bits per heavy atom. The molecule has 166 valence electrons. The molecule has 0 bridgehead atoms. The zero-order chi connectivity index (χ0) is 22.1. The van der Waals surface area contributed by atoms with Crippen molar-refractivity contribution >= 4 is 11.8 Å². The molecule has 0 aliphatic carbocycles. The van der Waals surface area contributed by atoms with Crippen LogP contribution in [0.4, 0.5) is 0 Å². The number of likely N-dealkylation sites (tertiary alicyclic amines) is 1. The second kappa shape index (κ2) is 11.4. The number of hydrogen-bond donors (Lipinski definition) is 1. The van der Waals surface area contributed by atoms with Gasteiger partial charge >= 0.3 is 0 Å². The van der Waals surface area contributed by atoms with E-state index in [-0.39, 0.29) is 24.5 Å². The van der Waals surface area contributed by atoms with Crippen LogP contribution in [0.25, 0.3) is 0 Å². The van der Waals surface area contributed by atoms with Crippen LogP contribution in [-0.4, -0.2) is 49.1 Å². The summed E-state index contributed by atoms with van der Waals surface area (Å²) in [5.41, 5.74) is 2.25. The van der Waals surface area contributed by atoms with Crippen LogP contribution < -0.4 is 14.8 Å². The van der Waals surface area contributed by atoms with Gasteiger partial charge in [-0.25, -0.2) is 0 Å². The molecule has 1 fully saturated rings. The van der Waals surface area contributed by atoms with Crippen molar-refractivity contribution in [1.29, 1.82) is 0 Å². The van der Waals surface area contributed by atoms with Crippen molar-refractivity contribution in [2.24, 2.45) is 0 Å². The smallest absolute Gasteiger partial charge is 0.260 e. The molecular formula is C25H32N2O4. The van der Waals surface area contributed by atoms with Gasteiger partial charge in [-0.1, -0.05) is 35.9 Å². The van der Waals surface area contributed by atoms with Gasteiger partial charge in [0.2, 0.25) is 5.91 Å². The topological polar surface area (TPSA) is 67.9 Å². The Morgan fingerprint density at radius 3 is 2.42 bits per heavy atom. The molecule has 31 heavy (non-hydrogen) atoms. The molecule has 2 aromatic carbocycles. The summed E-state index contributed by atoms with van der Waals surface area (Å²) in [5, 5.41) is 3.09. The molecule has 6 nitrogen and oxygen atoms in total. The van der Waals surface area contributed by atoms with E-state index < -0.39 is 0 Å². The molecule has 0 spiro atoms. The Bertz CT molecular complexity index is 858. The molecule has 1 saturated heterocycles. The number of aryl methyl sites for hydroxylation is 2. The molecule has 3 rings (SSSR count). The summed E-state index contributed by atoms with van der Waals surface area (Å²) >= 11 is 0. The summed E-state index contributed by atoms with van der Waals surface area (Å²) in [6.07, 6.45) is 2.65. The van der Waals surface area contributed by atoms with Crippen LogP contribution in [-0.2, 0) is 9.59 Å². The van der Waals surface area contributed by atoms with Crippen molar-refractivity contribution in [2.45, 2.75) is 45.6 Å². The number of carbonyl (C=O) groups is 2. The first-order valence-corrected chi connectivity index (χ1v) is 11.0. The monoisotopic (exact) mass is 424 g/mol. The van der Waals surface area contributed by atoms with Gasteiger partial charge in [0.25, 0.3) is 5.91 Å². The number of amides is 2. The highest BCUT2D eigenvalue weighted by molar-refractivity contribution is 5.78. The third-order valence-corrected chi connectivity index (χ3v) is 5.50. The van der Waals surface area contributed by atoms with Crippen LogP contribution in [0.2, 0.25) is 0 Å². The highest BCUT2D eigenvalue weighted by atomic mass is 16.5. The van der Waals surface area contributed by atoms with E-state index in [9.17, 15) is 9.59 Å². The van der Waals surface area contributed by atoms with E-state index in [1.54, 1.807) is 0 Å². The average Bonchev–Trinajstić information content (AvgIpc) is 2.78. The molecule has 6 heteroatoms. The molecule has 1 N–H and O–H groups in total. The molecule has 2 amide bonds. The van der Waals surface area contributed by atoms with Gasteiger partial charge in [0, 0.05) is 25.6 Å². The minimum atomic E-state index is -0.0151. The van der Waals surface area contributed by atoms with Crippen LogP contribution >= 0.6 is 0 Å². The van der Waals surface area contributed by atoms with Crippen LogP contribution in [0, 0.1) is 13.8 Å². The third kappa shape index (κ3) is 7.31. The Kier molecular flexibility index (Phi) is 8.33. The fourth-order valence-electron chi connectivity index (χ4n) is 3.58. The molecule has 1 aliphatic heterocycles. The Labute approximate surface area is 184 Å². The Balaban J connectivity index is 1.29. The number of para-hydroxylation sites is 1. The molecule has 1 aliphatic rings. The van der Waals surface area contributed by atoms with Crippen molar-refractivity contribution in [2.75, 3.05) is 26.3 Å². The van der Waals surface area contributed by atoms with Gasteiger partial charge in [0.05, 0.1) is 6.61 Å². The van der Waals surface area contributed by atoms with Gasteiger partial charge in [0.15, 0.2) is 6.61 Å². The van der Waals surface area contributed by atoms with Crippen molar-refractivity contribution in [3.63, 3.8) is 0 Å². The van der Waals surface area contributed by atoms with E-state index in [2.05, 4.69) is 5.32 Å². The predicted octanol–water partition coefficient (Wildman–Crippen LogP) is 3.65. The highest BCUT2D eigenvalue weighted by Gasteiger charge is 2.24. The number of ether oxygens (including phenoxy) is 2. The number of carbonyl (C=O) groups excluding carboxylic acids is 2. The minimum absolute atomic E-state index is 0.0151. The Morgan fingerprint density at radius 2 is 1.71 bits per heavy atom. The lowest BCUT2D eigenvalue weighted by molar-refractivity contribution is -0.134. The molecule has 0 radical (unpaired) electrons. The first kappa shape index (κ1) is 22.7. The normalized spacial score (nSPS) is 14.2. The molecule has 0 unspecified atom stereocenters. The molecular weight excluding hydrogens is 392 g/mol. The number of nitrogens with one attached hydrogen (secondary N) is 1. The van der Waals surface area contributed by atoms with Crippen LogP contribution in [0.1, 0.15) is 36.8 Å². The SMILES string of the molecule is Cc1ccc(OCC(=O)N2CCC(NC(=O)CCCOc3ccccc3C)CC2)cc1. The maximum absolute atomic E-state index is 12.4. The fraction of sp³-hybridized carbons (Fsp3) is 0.440. The van der Waals surface area contributed by atoms with Gasteiger partial charge in [0.1, 0.15) is 11.5 Å². The zero-order valence-electron chi connectivity index (χ0n) is 18.4. The Hall–Kier alpha value is -3.02. The van der Waals surface area contributed by atoms with E-state index in [0.717, 1.165) is 29.7 Å². The summed E-state index contributed by atoms with van der Waals surface area (Å²) in [5.74, 6) is 1.60. The molecule has 0 aromatic heterocycles. The van der Waals surface area contributed by atoms with Gasteiger partial charge in [-0.15, -0.1) is 0 Å². The van der Waals surface area contributed by atoms with Gasteiger partial charge in [-0.05, 0) is 56.9 Å². The summed E-state index contributed by atoms with van der Waals surface area (Å²) in [4.78, 5) is 26.4. The van der Waals surface area contributed by atoms with Crippen molar-refractivity contribution in [3.05, 3.63) is 59.7 Å². The standard InChI is InChI=1S/C25H32N2O4/c1-19-9-11-22(12-10-19)31-18-25(29)27-15-13-21(14-16-27)26-24(28)8-5-17-30-23-7-4-3-6-20(23)2/h3-4,6-7,9-12,21H,5,8,13-18H2,1-2H3,(H,26,28). The number of nitrogens with zero attached hydrogens (tertiary/aromatic N) is 1. The fourth-order valence-corrected chi connectivity index (χ4v) is 3.58. The van der Waals surface area contributed by atoms with Gasteiger partial charge < -0.3 is 19.7 Å². The van der Waals surface area contributed by atoms with Crippen LogP contribution in [0.15, 0.2) is 48.5 Å². The molecule has 1 heterocycles. The number of rotatable bonds is 9. The molecule has 0 atom stereocenters. The lowest BCUT2D eigenvalue weighted by Gasteiger charge is -2.32. The average molecular weight is 425 g/mol. The maximum Gasteiger partial charge on any atom is 0.260 e. The van der Waals surface area contributed by atoms with E-state index in [4.69, 9.17) is 9.47 Å². The lowest BCUT2D eigenvalue weighted by Crippen LogP contribution is -2.47. The first-order chi connectivity index (χ1) is 15.0. The van der Waals surface area contributed by atoms with Gasteiger partial charge in [-0.2, -0.15) is 0 Å². The number of benzene rings is 2. The molecule has 0 saturated carbocycles. The predicted molar refractivity (Wildman–Crippen MR) is 120 cm³/mol. The second-order valence-electron chi connectivity index (χ2n) is 8.04. The first-order valence-electron chi connectivity index (χ1n) is 11.0. The summed E-state index contributed by atoms with van der Waals surface area (Å²) in [6, 6.07) is 15.7. The van der Waals surface area contributed by atoms with E-state index in [1.807, 2.05) is 67.3 Å². The van der Waals surface area contributed by atoms with Crippen molar-refractivity contribution in [1.82, 2.24) is 10.2 Å². The van der Waals surface area contributed by atoms with Gasteiger partial charge in [-0.3, -0.25) is 9.59 Å². The maximum atomic E-state index is 12.4. The van der Waals surface area contributed by atoms with Crippen LogP contribution in [0.5, 0.6) is 11.5 Å². The summed E-state index contributed by atoms with van der Waals surface area (Å²) in [6.45, 7) is 5.85. The minimum Gasteiger partial charge on any atom is -0.493 e. The quantitative estimate of drug-likeness (QED) is 0.624. The van der Waals surface area contributed by atoms with E-state index >= 15 is 0 Å². The molecule has 2 aromatic rings. The van der Waals surface area contributed by atoms with Crippen molar-refractivity contribution in [3.8, 4) is 11.5 Å². The van der Waals surface area contributed by atoms with E-state index in [0.29, 0.717) is 38.3 Å².